The lowest BCUT2D eigenvalue weighted by Gasteiger charge is -2.24. The zero-order chi connectivity index (χ0) is 13.4. The summed E-state index contributed by atoms with van der Waals surface area (Å²) in [5.41, 5.74) is 0. The molecule has 0 aliphatic heterocycles. The van der Waals surface area contributed by atoms with Crippen molar-refractivity contribution in [2.24, 2.45) is 11.8 Å². The molecule has 3 atom stereocenters. The topological polar surface area (TPSA) is 91.8 Å². The molecule has 1 aliphatic rings. The molecule has 1 saturated carbocycles. The van der Waals surface area contributed by atoms with E-state index in [4.69, 9.17) is 5.11 Å². The summed E-state index contributed by atoms with van der Waals surface area (Å²) >= 11 is 0. The highest BCUT2D eigenvalue weighted by molar-refractivity contribution is 7.90. The second-order valence-electron chi connectivity index (χ2n) is 4.68. The molecule has 98 valence electrons. The molecule has 6 nitrogen and oxygen atoms in total. The molecule has 7 heteroatoms. The molecular formula is C10H17NO5S. The second kappa shape index (κ2) is 4.64. The maximum absolute atomic E-state index is 11.8. The first-order valence-corrected chi connectivity index (χ1v) is 7.36. The van der Waals surface area contributed by atoms with Crippen molar-refractivity contribution in [3.63, 3.8) is 0 Å². The maximum atomic E-state index is 11.8. The van der Waals surface area contributed by atoms with Crippen molar-refractivity contribution in [3.05, 3.63) is 0 Å². The molecular weight excluding hydrogens is 246 g/mol. The predicted molar refractivity (Wildman–Crippen MR) is 61.2 cm³/mol. The number of nitrogens with zero attached hydrogens (tertiary/aromatic N) is 1. The second-order valence-corrected chi connectivity index (χ2v) is 6.86. The van der Waals surface area contributed by atoms with Crippen molar-refractivity contribution >= 4 is 21.7 Å². The van der Waals surface area contributed by atoms with Crippen molar-refractivity contribution < 1.29 is 23.1 Å². The first-order chi connectivity index (χ1) is 7.63. The Kier molecular flexibility index (Phi) is 3.81. The van der Waals surface area contributed by atoms with Crippen LogP contribution in [-0.2, 0) is 19.4 Å². The van der Waals surface area contributed by atoms with Crippen LogP contribution in [0.15, 0.2) is 0 Å². The first kappa shape index (κ1) is 14.0. The molecule has 17 heavy (non-hydrogen) atoms. The highest BCUT2D eigenvalue weighted by Gasteiger charge is 2.49. The van der Waals surface area contributed by atoms with E-state index >= 15 is 0 Å². The summed E-state index contributed by atoms with van der Waals surface area (Å²) in [6, 6.07) is -0.437. The average molecular weight is 263 g/mol. The van der Waals surface area contributed by atoms with Crippen LogP contribution in [0.2, 0.25) is 0 Å². The molecule has 0 radical (unpaired) electrons. The maximum Gasteiger partial charge on any atom is 0.307 e. The molecule has 0 bridgehead atoms. The van der Waals surface area contributed by atoms with E-state index < -0.39 is 33.7 Å². The van der Waals surface area contributed by atoms with Gasteiger partial charge in [-0.05, 0) is 13.3 Å². The minimum atomic E-state index is -3.15. The van der Waals surface area contributed by atoms with E-state index in [0.29, 0.717) is 6.42 Å². The van der Waals surface area contributed by atoms with E-state index in [1.54, 1.807) is 6.92 Å². The van der Waals surface area contributed by atoms with Crippen LogP contribution in [0.1, 0.15) is 13.3 Å². The number of hydrogen-bond donors (Lipinski definition) is 1. The minimum Gasteiger partial charge on any atom is -0.481 e. The zero-order valence-electron chi connectivity index (χ0n) is 10.1. The molecule has 0 aromatic carbocycles. The summed E-state index contributed by atoms with van der Waals surface area (Å²) < 4.78 is 22.2. The Hall–Kier alpha value is -1.11. The molecule has 0 aromatic rings. The van der Waals surface area contributed by atoms with Gasteiger partial charge in [0.1, 0.15) is 9.84 Å². The molecule has 1 aliphatic carbocycles. The van der Waals surface area contributed by atoms with Crippen molar-refractivity contribution in [2.75, 3.05) is 19.1 Å². The molecule has 0 aromatic heterocycles. The number of carboxylic acid groups (broad SMARTS) is 1. The van der Waals surface area contributed by atoms with Gasteiger partial charge in [-0.2, -0.15) is 0 Å². The third kappa shape index (κ3) is 3.69. The fourth-order valence-corrected chi connectivity index (χ4v) is 2.87. The van der Waals surface area contributed by atoms with Crippen LogP contribution in [0.25, 0.3) is 0 Å². The van der Waals surface area contributed by atoms with E-state index in [2.05, 4.69) is 0 Å². The number of rotatable bonds is 5. The summed E-state index contributed by atoms with van der Waals surface area (Å²) in [5, 5.41) is 8.71. The third-order valence-corrected chi connectivity index (χ3v) is 4.07. The van der Waals surface area contributed by atoms with Gasteiger partial charge >= 0.3 is 5.97 Å². The molecule has 1 amide bonds. The summed E-state index contributed by atoms with van der Waals surface area (Å²) in [6.45, 7) is 1.64. The van der Waals surface area contributed by atoms with E-state index in [0.717, 1.165) is 6.26 Å². The van der Waals surface area contributed by atoms with Crippen molar-refractivity contribution in [3.8, 4) is 0 Å². The highest BCUT2D eigenvalue weighted by atomic mass is 32.2. The largest absolute Gasteiger partial charge is 0.481 e. The van der Waals surface area contributed by atoms with Crippen LogP contribution in [-0.4, -0.2) is 55.4 Å². The minimum absolute atomic E-state index is 0.111. The smallest absolute Gasteiger partial charge is 0.307 e. The molecule has 1 fully saturated rings. The van der Waals surface area contributed by atoms with E-state index in [1.807, 2.05) is 0 Å². The number of carboxylic acids is 1. The van der Waals surface area contributed by atoms with Gasteiger partial charge in [0.05, 0.1) is 17.6 Å². The highest BCUT2D eigenvalue weighted by Crippen LogP contribution is 2.40. The van der Waals surface area contributed by atoms with Gasteiger partial charge in [0.15, 0.2) is 0 Å². The van der Waals surface area contributed by atoms with Crippen LogP contribution in [0.5, 0.6) is 0 Å². The number of sulfone groups is 1. The van der Waals surface area contributed by atoms with Crippen LogP contribution in [0, 0.1) is 11.8 Å². The lowest BCUT2D eigenvalue weighted by atomic mass is 10.2. The van der Waals surface area contributed by atoms with Crippen molar-refractivity contribution in [2.45, 2.75) is 19.4 Å². The monoisotopic (exact) mass is 263 g/mol. The molecule has 0 heterocycles. The lowest BCUT2D eigenvalue weighted by molar-refractivity contribution is -0.142. The number of carbonyl (C=O) groups is 2. The standard InChI is InChI=1S/C10H17NO5S/c1-6(5-17(3,15)16)11(2)9(12)7-4-8(7)10(13)14/h6-8H,4-5H2,1-3H3,(H,13,14)/t6-,7-,8-/m1/s1. The Morgan fingerprint density at radius 1 is 1.41 bits per heavy atom. The fraction of sp³-hybridized carbons (Fsp3) is 0.800. The quantitative estimate of drug-likeness (QED) is 0.728. The van der Waals surface area contributed by atoms with Gasteiger partial charge in [-0.3, -0.25) is 9.59 Å². The van der Waals surface area contributed by atoms with E-state index in [1.165, 1.54) is 11.9 Å². The number of hydrogen-bond acceptors (Lipinski definition) is 4. The van der Waals surface area contributed by atoms with Crippen LogP contribution in [0.3, 0.4) is 0 Å². The SMILES string of the molecule is C[C@H](CS(C)(=O)=O)N(C)C(=O)[C@@H]1C[C@H]1C(=O)O. The third-order valence-electron chi connectivity index (χ3n) is 2.98. The molecule has 0 spiro atoms. The van der Waals surface area contributed by atoms with E-state index in [-0.39, 0.29) is 11.7 Å². The zero-order valence-corrected chi connectivity index (χ0v) is 10.9. The molecule has 1 rings (SSSR count). The predicted octanol–water partition coefficient (Wildman–Crippen LogP) is -0.401. The Morgan fingerprint density at radius 2 is 1.94 bits per heavy atom. The number of carbonyl (C=O) groups excluding carboxylic acids is 1. The summed E-state index contributed by atoms with van der Waals surface area (Å²) in [5.74, 6) is -2.45. The molecule has 1 N–H and O–H groups in total. The van der Waals surface area contributed by atoms with Crippen LogP contribution >= 0.6 is 0 Å². The number of aliphatic carboxylic acids is 1. The summed E-state index contributed by atoms with van der Waals surface area (Å²) in [7, 11) is -1.64. The average Bonchev–Trinajstić information content (AvgIpc) is 2.91. The van der Waals surface area contributed by atoms with Crippen LogP contribution < -0.4 is 0 Å². The lowest BCUT2D eigenvalue weighted by Crippen LogP contribution is -2.40. The van der Waals surface area contributed by atoms with E-state index in [9.17, 15) is 18.0 Å². The number of amides is 1. The molecule has 0 saturated heterocycles. The summed E-state index contributed by atoms with van der Waals surface area (Å²) in [4.78, 5) is 23.8. The van der Waals surface area contributed by atoms with Gasteiger partial charge in [0, 0.05) is 19.3 Å². The first-order valence-electron chi connectivity index (χ1n) is 5.30. The van der Waals surface area contributed by atoms with Gasteiger partial charge < -0.3 is 10.0 Å². The Bertz CT molecular complexity index is 430. The van der Waals surface area contributed by atoms with Gasteiger partial charge in [0.2, 0.25) is 5.91 Å². The van der Waals surface area contributed by atoms with Gasteiger partial charge in [-0.1, -0.05) is 0 Å². The van der Waals surface area contributed by atoms with Gasteiger partial charge in [0.25, 0.3) is 0 Å². The normalized spacial score (nSPS) is 25.1. The van der Waals surface area contributed by atoms with Gasteiger partial charge in [-0.15, -0.1) is 0 Å². The summed E-state index contributed by atoms with van der Waals surface area (Å²) in [6.07, 6.45) is 1.46. The van der Waals surface area contributed by atoms with Crippen molar-refractivity contribution in [1.29, 1.82) is 0 Å². The van der Waals surface area contributed by atoms with Gasteiger partial charge in [-0.25, -0.2) is 8.42 Å². The van der Waals surface area contributed by atoms with Crippen LogP contribution in [0.4, 0.5) is 0 Å². The molecule has 0 unspecified atom stereocenters. The Balaban J connectivity index is 2.56. The fourth-order valence-electron chi connectivity index (χ4n) is 1.77. The van der Waals surface area contributed by atoms with Crippen molar-refractivity contribution in [1.82, 2.24) is 4.90 Å². The Morgan fingerprint density at radius 3 is 2.29 bits per heavy atom. The Labute approximate surface area is 101 Å².